The molecule has 0 bridgehead atoms. The molecule has 22 heavy (non-hydrogen) atoms. The van der Waals surface area contributed by atoms with Crippen LogP contribution in [-0.2, 0) is 26.1 Å². The van der Waals surface area contributed by atoms with Crippen LogP contribution in [0.25, 0.3) is 0 Å². The summed E-state index contributed by atoms with van der Waals surface area (Å²) in [6.45, 7) is 2.45. The van der Waals surface area contributed by atoms with E-state index >= 15 is 0 Å². The molecule has 0 aliphatic carbocycles. The van der Waals surface area contributed by atoms with Crippen molar-refractivity contribution in [1.29, 1.82) is 0 Å². The van der Waals surface area contributed by atoms with Gasteiger partial charge in [0, 0.05) is 13.2 Å². The number of aryl methyl sites for hydroxylation is 1. The summed E-state index contributed by atoms with van der Waals surface area (Å²) in [6, 6.07) is 7.41. The summed E-state index contributed by atoms with van der Waals surface area (Å²) in [5, 5.41) is 9.01. The molecule has 122 valence electrons. The molecular formula is C15H21NO5S. The van der Waals surface area contributed by atoms with Crippen LogP contribution in [0.1, 0.15) is 17.5 Å². The summed E-state index contributed by atoms with van der Waals surface area (Å²) in [5.41, 5.74) is 1.79. The minimum atomic E-state index is -3.64. The van der Waals surface area contributed by atoms with Gasteiger partial charge < -0.3 is 9.84 Å². The first kappa shape index (κ1) is 16.9. The van der Waals surface area contributed by atoms with Gasteiger partial charge in [-0.3, -0.25) is 4.79 Å². The number of hydrogen-bond acceptors (Lipinski definition) is 4. The van der Waals surface area contributed by atoms with E-state index in [-0.39, 0.29) is 18.2 Å². The predicted octanol–water partition coefficient (Wildman–Crippen LogP) is 1.25. The molecule has 0 radical (unpaired) electrons. The Morgan fingerprint density at radius 3 is 2.82 bits per heavy atom. The third-order valence-corrected chi connectivity index (χ3v) is 5.55. The number of ether oxygens (including phenoxy) is 1. The van der Waals surface area contributed by atoms with Crippen LogP contribution in [-0.4, -0.2) is 49.3 Å². The first-order valence-electron chi connectivity index (χ1n) is 7.20. The fourth-order valence-electron chi connectivity index (χ4n) is 2.54. The Balaban J connectivity index is 2.15. The van der Waals surface area contributed by atoms with Crippen molar-refractivity contribution < 1.29 is 23.1 Å². The summed E-state index contributed by atoms with van der Waals surface area (Å²) in [4.78, 5) is 11.0. The fourth-order valence-corrected chi connectivity index (χ4v) is 4.26. The Bertz CT molecular complexity index is 623. The Kier molecular flexibility index (Phi) is 5.55. The normalized spacial score (nSPS) is 18.7. The van der Waals surface area contributed by atoms with E-state index in [9.17, 15) is 13.2 Å². The fraction of sp³-hybridized carbons (Fsp3) is 0.533. The Morgan fingerprint density at radius 2 is 2.23 bits per heavy atom. The molecule has 1 N–H and O–H groups in total. The van der Waals surface area contributed by atoms with Crippen LogP contribution in [0.4, 0.5) is 0 Å². The van der Waals surface area contributed by atoms with Gasteiger partial charge in [-0.25, -0.2) is 8.42 Å². The molecule has 6 nitrogen and oxygen atoms in total. The number of nitrogens with zero attached hydrogens (tertiary/aromatic N) is 1. The molecule has 1 aliphatic rings. The van der Waals surface area contributed by atoms with Crippen molar-refractivity contribution >= 4 is 16.0 Å². The predicted molar refractivity (Wildman–Crippen MR) is 81.9 cm³/mol. The van der Waals surface area contributed by atoms with E-state index in [4.69, 9.17) is 9.84 Å². The number of rotatable bonds is 7. The van der Waals surface area contributed by atoms with Crippen molar-refractivity contribution in [1.82, 2.24) is 4.31 Å². The highest BCUT2D eigenvalue weighted by Gasteiger charge is 2.29. The van der Waals surface area contributed by atoms with Gasteiger partial charge in [0.25, 0.3) is 0 Å². The summed E-state index contributed by atoms with van der Waals surface area (Å²) < 4.78 is 31.3. The minimum Gasteiger partial charge on any atom is -0.480 e. The second-order valence-corrected chi connectivity index (χ2v) is 7.67. The molecule has 1 atom stereocenters. The highest BCUT2D eigenvalue weighted by molar-refractivity contribution is 7.89. The lowest BCUT2D eigenvalue weighted by Crippen LogP contribution is -2.38. The quantitative estimate of drug-likeness (QED) is 0.815. The van der Waals surface area contributed by atoms with Gasteiger partial charge in [0.15, 0.2) is 0 Å². The van der Waals surface area contributed by atoms with E-state index < -0.39 is 22.5 Å². The van der Waals surface area contributed by atoms with Gasteiger partial charge in [-0.15, -0.1) is 0 Å². The van der Waals surface area contributed by atoms with Gasteiger partial charge in [0.2, 0.25) is 10.0 Å². The topological polar surface area (TPSA) is 83.9 Å². The van der Waals surface area contributed by atoms with E-state index in [0.29, 0.717) is 19.6 Å². The van der Waals surface area contributed by atoms with Crippen LogP contribution < -0.4 is 0 Å². The molecule has 1 aromatic rings. The molecule has 0 amide bonds. The molecule has 0 saturated carbocycles. The average Bonchev–Trinajstić information content (AvgIpc) is 2.89. The number of hydrogen-bond donors (Lipinski definition) is 1. The van der Waals surface area contributed by atoms with E-state index in [2.05, 4.69) is 0 Å². The number of carbonyl (C=O) groups is 1. The zero-order chi connectivity index (χ0) is 16.2. The van der Waals surface area contributed by atoms with Gasteiger partial charge in [-0.2, -0.15) is 4.31 Å². The zero-order valence-corrected chi connectivity index (χ0v) is 13.4. The first-order chi connectivity index (χ1) is 10.4. The lowest BCUT2D eigenvalue weighted by atomic mass is 10.1. The van der Waals surface area contributed by atoms with Crippen LogP contribution >= 0.6 is 0 Å². The number of sulfonamides is 1. The van der Waals surface area contributed by atoms with Crippen molar-refractivity contribution in [2.75, 3.05) is 25.5 Å². The molecule has 1 aromatic carbocycles. The van der Waals surface area contributed by atoms with Gasteiger partial charge in [0.1, 0.15) is 6.54 Å². The maximum Gasteiger partial charge on any atom is 0.318 e. The van der Waals surface area contributed by atoms with Gasteiger partial charge >= 0.3 is 5.97 Å². The number of aliphatic carboxylic acids is 1. The molecular weight excluding hydrogens is 306 g/mol. The third kappa shape index (κ3) is 4.79. The lowest BCUT2D eigenvalue weighted by Gasteiger charge is -2.22. The van der Waals surface area contributed by atoms with Crippen LogP contribution in [0.5, 0.6) is 0 Å². The van der Waals surface area contributed by atoms with Crippen LogP contribution in [0.3, 0.4) is 0 Å². The van der Waals surface area contributed by atoms with E-state index in [0.717, 1.165) is 15.4 Å². The zero-order valence-electron chi connectivity index (χ0n) is 12.6. The third-order valence-electron chi connectivity index (χ3n) is 3.62. The standard InChI is InChI=1S/C15H21NO5S/c1-12-3-2-4-13(7-12)8-16(9-15(17)18)22(19,20)11-14-5-6-21-10-14/h2-4,7,14H,5-6,8-11H2,1H3,(H,17,18). The van der Waals surface area contributed by atoms with Gasteiger partial charge in [0.05, 0.1) is 12.4 Å². The Hall–Kier alpha value is -1.44. The summed E-state index contributed by atoms with van der Waals surface area (Å²) in [5.74, 6) is -1.27. The average molecular weight is 327 g/mol. The van der Waals surface area contributed by atoms with Gasteiger partial charge in [-0.1, -0.05) is 29.8 Å². The van der Waals surface area contributed by atoms with Crippen molar-refractivity contribution in [2.24, 2.45) is 5.92 Å². The molecule has 1 saturated heterocycles. The summed E-state index contributed by atoms with van der Waals surface area (Å²) in [6.07, 6.45) is 0.699. The Morgan fingerprint density at radius 1 is 1.45 bits per heavy atom. The molecule has 2 rings (SSSR count). The molecule has 1 heterocycles. The SMILES string of the molecule is Cc1cccc(CN(CC(=O)O)S(=O)(=O)CC2CCOC2)c1. The number of carboxylic acid groups (broad SMARTS) is 1. The lowest BCUT2D eigenvalue weighted by molar-refractivity contribution is -0.137. The van der Waals surface area contributed by atoms with Gasteiger partial charge in [-0.05, 0) is 24.8 Å². The maximum atomic E-state index is 12.5. The molecule has 0 aromatic heterocycles. The van der Waals surface area contributed by atoms with Crippen molar-refractivity contribution in [2.45, 2.75) is 19.9 Å². The summed E-state index contributed by atoms with van der Waals surface area (Å²) >= 11 is 0. The molecule has 7 heteroatoms. The maximum absolute atomic E-state index is 12.5. The Labute approximate surface area is 130 Å². The van der Waals surface area contributed by atoms with E-state index in [1.165, 1.54) is 0 Å². The number of benzene rings is 1. The molecule has 0 spiro atoms. The van der Waals surface area contributed by atoms with E-state index in [1.807, 2.05) is 25.1 Å². The largest absolute Gasteiger partial charge is 0.480 e. The highest BCUT2D eigenvalue weighted by atomic mass is 32.2. The minimum absolute atomic E-state index is 0.0567. The van der Waals surface area contributed by atoms with Crippen molar-refractivity contribution in [3.05, 3.63) is 35.4 Å². The number of carboxylic acids is 1. The summed E-state index contributed by atoms with van der Waals surface area (Å²) in [7, 11) is -3.64. The second kappa shape index (κ2) is 7.21. The van der Waals surface area contributed by atoms with E-state index in [1.54, 1.807) is 6.07 Å². The van der Waals surface area contributed by atoms with Crippen LogP contribution in [0, 0.1) is 12.8 Å². The highest BCUT2D eigenvalue weighted by Crippen LogP contribution is 2.19. The van der Waals surface area contributed by atoms with Crippen molar-refractivity contribution in [3.8, 4) is 0 Å². The van der Waals surface area contributed by atoms with Crippen molar-refractivity contribution in [3.63, 3.8) is 0 Å². The monoisotopic (exact) mass is 327 g/mol. The second-order valence-electron chi connectivity index (χ2n) is 5.66. The molecule has 1 aliphatic heterocycles. The van der Waals surface area contributed by atoms with Crippen LogP contribution in [0.15, 0.2) is 24.3 Å². The first-order valence-corrected chi connectivity index (χ1v) is 8.80. The smallest absolute Gasteiger partial charge is 0.318 e. The molecule has 1 fully saturated rings. The molecule has 1 unspecified atom stereocenters. The van der Waals surface area contributed by atoms with Crippen LogP contribution in [0.2, 0.25) is 0 Å².